The third kappa shape index (κ3) is 3.58. The molecule has 0 amide bonds. The van der Waals surface area contributed by atoms with Gasteiger partial charge in [-0.25, -0.2) is 28.1 Å². The van der Waals surface area contributed by atoms with E-state index in [4.69, 9.17) is 5.73 Å². The Kier molecular flexibility index (Phi) is 4.25. The van der Waals surface area contributed by atoms with E-state index >= 15 is 0 Å². The molecule has 8 nitrogen and oxygen atoms in total. The van der Waals surface area contributed by atoms with E-state index < -0.39 is 10.0 Å². The first-order valence-electron chi connectivity index (χ1n) is 6.92. The molecule has 0 saturated heterocycles. The third-order valence-electron chi connectivity index (χ3n) is 3.06. The van der Waals surface area contributed by atoms with Crippen molar-refractivity contribution in [3.05, 3.63) is 61.1 Å². The van der Waals surface area contributed by atoms with Crippen LogP contribution in [0, 0.1) is 0 Å². The van der Waals surface area contributed by atoms with Gasteiger partial charge in [-0.05, 0) is 42.5 Å². The predicted octanol–water partition coefficient (Wildman–Crippen LogP) is 2.00. The molecule has 2 heterocycles. The summed E-state index contributed by atoms with van der Waals surface area (Å²) in [5.74, 6) is 0.518. The lowest BCUT2D eigenvalue weighted by Crippen LogP contribution is -2.14. The molecule has 0 spiro atoms. The Balaban J connectivity index is 1.78. The van der Waals surface area contributed by atoms with Crippen LogP contribution in [0.3, 0.4) is 0 Å². The second kappa shape index (κ2) is 6.50. The molecule has 0 atom stereocenters. The summed E-state index contributed by atoms with van der Waals surface area (Å²) in [6, 6.07) is 11.2. The first kappa shape index (κ1) is 15.7. The van der Waals surface area contributed by atoms with E-state index in [0.717, 1.165) is 0 Å². The molecule has 0 aliphatic heterocycles. The lowest BCUT2D eigenvalue weighted by molar-refractivity contribution is 0.601. The zero-order valence-electron chi connectivity index (χ0n) is 12.4. The zero-order valence-corrected chi connectivity index (χ0v) is 13.2. The van der Waals surface area contributed by atoms with Gasteiger partial charge in [0.05, 0.1) is 10.6 Å². The van der Waals surface area contributed by atoms with Gasteiger partial charge in [-0.15, -0.1) is 0 Å². The van der Waals surface area contributed by atoms with E-state index in [1.807, 2.05) is 0 Å². The Bertz CT molecular complexity index is 930. The van der Waals surface area contributed by atoms with Crippen LogP contribution in [-0.4, -0.2) is 23.4 Å². The number of anilines is 4. The quantitative estimate of drug-likeness (QED) is 0.648. The first-order valence-corrected chi connectivity index (χ1v) is 8.40. The average Bonchev–Trinajstić information content (AvgIpc) is 2.58. The maximum absolute atomic E-state index is 12.3. The smallest absolute Gasteiger partial charge is 0.264 e. The van der Waals surface area contributed by atoms with Crippen molar-refractivity contribution in [2.24, 2.45) is 0 Å². The van der Waals surface area contributed by atoms with Crippen molar-refractivity contribution in [1.29, 1.82) is 0 Å². The highest BCUT2D eigenvalue weighted by Gasteiger charge is 2.15. The molecule has 0 bridgehead atoms. The molecular weight excluding hydrogens is 328 g/mol. The van der Waals surface area contributed by atoms with Crippen LogP contribution in [0.5, 0.6) is 0 Å². The first-order chi connectivity index (χ1) is 11.5. The van der Waals surface area contributed by atoms with Gasteiger partial charge < -0.3 is 11.1 Å². The molecule has 0 fully saturated rings. The Morgan fingerprint density at radius 1 is 0.875 bits per heavy atom. The summed E-state index contributed by atoms with van der Waals surface area (Å²) in [5, 5.41) is 3.02. The minimum absolute atomic E-state index is 0.0148. The standard InChI is InChI=1S/C15H14N6O2S/c16-13-3-1-8-17-14(13)20-11-4-6-12(7-5-11)24(22,23)21-15-18-9-2-10-19-15/h1-10H,16H2,(H,17,20)(H,18,19,21). The number of rotatable bonds is 5. The molecule has 1 aromatic carbocycles. The average molecular weight is 342 g/mol. The van der Waals surface area contributed by atoms with Gasteiger partial charge in [-0.3, -0.25) is 0 Å². The van der Waals surface area contributed by atoms with Gasteiger partial charge in [0.2, 0.25) is 5.95 Å². The second-order valence-electron chi connectivity index (χ2n) is 4.77. The van der Waals surface area contributed by atoms with Crippen molar-refractivity contribution < 1.29 is 8.42 Å². The third-order valence-corrected chi connectivity index (χ3v) is 4.40. The van der Waals surface area contributed by atoms with E-state index in [1.54, 1.807) is 36.5 Å². The molecule has 3 rings (SSSR count). The van der Waals surface area contributed by atoms with Crippen molar-refractivity contribution >= 4 is 33.2 Å². The van der Waals surface area contributed by atoms with Crippen molar-refractivity contribution in [1.82, 2.24) is 15.0 Å². The molecule has 0 radical (unpaired) electrons. The highest BCUT2D eigenvalue weighted by molar-refractivity contribution is 7.92. The van der Waals surface area contributed by atoms with Crippen molar-refractivity contribution in [3.63, 3.8) is 0 Å². The summed E-state index contributed by atoms with van der Waals surface area (Å²) >= 11 is 0. The molecule has 9 heteroatoms. The minimum atomic E-state index is -3.75. The lowest BCUT2D eigenvalue weighted by Gasteiger charge is -2.09. The number of hydrogen-bond donors (Lipinski definition) is 3. The molecule has 4 N–H and O–H groups in total. The summed E-state index contributed by atoms with van der Waals surface area (Å²) in [4.78, 5) is 11.9. The number of nitrogens with zero attached hydrogens (tertiary/aromatic N) is 3. The van der Waals surface area contributed by atoms with Crippen LogP contribution >= 0.6 is 0 Å². The van der Waals surface area contributed by atoms with Crippen LogP contribution in [0.2, 0.25) is 0 Å². The summed E-state index contributed by atoms with van der Waals surface area (Å²) < 4.78 is 26.9. The molecule has 24 heavy (non-hydrogen) atoms. The van der Waals surface area contributed by atoms with Crippen LogP contribution in [-0.2, 0) is 10.0 Å². The normalized spacial score (nSPS) is 11.0. The van der Waals surface area contributed by atoms with Gasteiger partial charge in [0.1, 0.15) is 0 Å². The van der Waals surface area contributed by atoms with Crippen LogP contribution < -0.4 is 15.8 Å². The summed E-state index contributed by atoms with van der Waals surface area (Å²) in [7, 11) is -3.75. The number of pyridine rings is 1. The summed E-state index contributed by atoms with van der Waals surface area (Å²) in [6.45, 7) is 0. The van der Waals surface area contributed by atoms with Gasteiger partial charge in [0.15, 0.2) is 5.82 Å². The number of nitrogens with two attached hydrogens (primary N) is 1. The van der Waals surface area contributed by atoms with Gasteiger partial charge in [0.25, 0.3) is 10.0 Å². The number of nitrogen functional groups attached to an aromatic ring is 1. The molecule has 3 aromatic rings. The molecule has 0 aliphatic rings. The van der Waals surface area contributed by atoms with E-state index in [2.05, 4.69) is 25.0 Å². The number of aromatic nitrogens is 3. The summed E-state index contributed by atoms with van der Waals surface area (Å²) in [5.41, 5.74) is 6.97. The van der Waals surface area contributed by atoms with Crippen LogP contribution in [0.4, 0.5) is 23.1 Å². The fourth-order valence-electron chi connectivity index (χ4n) is 1.91. The SMILES string of the molecule is Nc1cccnc1Nc1ccc(S(=O)(=O)Nc2ncccn2)cc1. The Morgan fingerprint density at radius 3 is 2.21 bits per heavy atom. The number of sulfonamides is 1. The van der Waals surface area contributed by atoms with Gasteiger partial charge in [-0.1, -0.05) is 0 Å². The maximum atomic E-state index is 12.3. The number of hydrogen-bond acceptors (Lipinski definition) is 7. The summed E-state index contributed by atoms with van der Waals surface area (Å²) in [6.07, 6.45) is 4.52. The molecule has 2 aromatic heterocycles. The highest BCUT2D eigenvalue weighted by atomic mass is 32.2. The largest absolute Gasteiger partial charge is 0.396 e. The van der Waals surface area contributed by atoms with Crippen LogP contribution in [0.25, 0.3) is 0 Å². The second-order valence-corrected chi connectivity index (χ2v) is 6.45. The molecule has 0 unspecified atom stereocenters. The monoisotopic (exact) mass is 342 g/mol. The Labute approximate surface area is 138 Å². The van der Waals surface area contributed by atoms with Crippen LogP contribution in [0.1, 0.15) is 0 Å². The molecule has 0 saturated carbocycles. The van der Waals surface area contributed by atoms with Gasteiger partial charge in [-0.2, -0.15) is 0 Å². The van der Waals surface area contributed by atoms with Crippen molar-refractivity contribution in [2.45, 2.75) is 4.90 Å². The highest BCUT2D eigenvalue weighted by Crippen LogP contribution is 2.22. The van der Waals surface area contributed by atoms with Crippen molar-refractivity contribution in [3.8, 4) is 0 Å². The molecule has 122 valence electrons. The lowest BCUT2D eigenvalue weighted by atomic mass is 10.3. The molecular formula is C15H14N6O2S. The number of benzene rings is 1. The maximum Gasteiger partial charge on any atom is 0.264 e. The fraction of sp³-hybridized carbons (Fsp3) is 0. The minimum Gasteiger partial charge on any atom is -0.396 e. The van der Waals surface area contributed by atoms with E-state index in [0.29, 0.717) is 17.2 Å². The van der Waals surface area contributed by atoms with E-state index in [9.17, 15) is 8.42 Å². The topological polar surface area (TPSA) is 123 Å². The Morgan fingerprint density at radius 2 is 1.54 bits per heavy atom. The predicted molar refractivity (Wildman–Crippen MR) is 91.2 cm³/mol. The van der Waals surface area contributed by atoms with E-state index in [-0.39, 0.29) is 10.8 Å². The van der Waals surface area contributed by atoms with Gasteiger partial charge >= 0.3 is 0 Å². The fourth-order valence-corrected chi connectivity index (χ4v) is 2.87. The number of nitrogens with one attached hydrogen (secondary N) is 2. The van der Waals surface area contributed by atoms with Crippen molar-refractivity contribution in [2.75, 3.05) is 15.8 Å². The van der Waals surface area contributed by atoms with Crippen LogP contribution in [0.15, 0.2) is 66.0 Å². The zero-order chi connectivity index (χ0) is 17.0. The molecule has 0 aliphatic carbocycles. The van der Waals surface area contributed by atoms with E-state index in [1.165, 1.54) is 24.5 Å². The van der Waals surface area contributed by atoms with Gasteiger partial charge in [0, 0.05) is 24.3 Å². The Hall–Kier alpha value is -3.20.